The molecule has 0 radical (unpaired) electrons. The van der Waals surface area contributed by atoms with Crippen molar-refractivity contribution in [2.75, 3.05) is 0 Å². The van der Waals surface area contributed by atoms with Crippen molar-refractivity contribution < 1.29 is 0 Å². The average molecular weight is 281 g/mol. The van der Waals surface area contributed by atoms with Crippen LogP contribution in [-0.4, -0.2) is 9.38 Å². The van der Waals surface area contributed by atoms with E-state index >= 15 is 0 Å². The maximum atomic E-state index is 12.7. The van der Waals surface area contributed by atoms with E-state index in [2.05, 4.69) is 4.98 Å². The van der Waals surface area contributed by atoms with Gasteiger partial charge in [-0.1, -0.05) is 29.8 Å². The van der Waals surface area contributed by atoms with Crippen LogP contribution in [0, 0.1) is 0 Å². The zero-order valence-corrected chi connectivity index (χ0v) is 11.1. The van der Waals surface area contributed by atoms with Gasteiger partial charge in [-0.05, 0) is 41.8 Å². The van der Waals surface area contributed by atoms with Gasteiger partial charge in [0.05, 0.1) is 16.4 Å². The predicted octanol–water partition coefficient (Wildman–Crippen LogP) is 3.65. The molecule has 3 nitrogen and oxygen atoms in total. The van der Waals surface area contributed by atoms with Crippen molar-refractivity contribution >= 4 is 39.1 Å². The van der Waals surface area contributed by atoms with Gasteiger partial charge in [-0.2, -0.15) is 0 Å². The van der Waals surface area contributed by atoms with Crippen LogP contribution in [0.3, 0.4) is 0 Å². The second-order valence-electron chi connectivity index (χ2n) is 4.66. The van der Waals surface area contributed by atoms with Gasteiger partial charge in [0.15, 0.2) is 0 Å². The predicted molar refractivity (Wildman–Crippen MR) is 81.5 cm³/mol. The van der Waals surface area contributed by atoms with Gasteiger partial charge in [0.25, 0.3) is 5.56 Å². The third-order valence-electron chi connectivity index (χ3n) is 3.45. The van der Waals surface area contributed by atoms with Crippen LogP contribution >= 0.6 is 11.6 Å². The molecular weight excluding hydrogens is 272 g/mol. The average Bonchev–Trinajstić information content (AvgIpc) is 2.47. The van der Waals surface area contributed by atoms with Crippen molar-refractivity contribution in [2.45, 2.75) is 0 Å². The highest BCUT2D eigenvalue weighted by Gasteiger charge is 2.08. The first-order chi connectivity index (χ1) is 9.74. The minimum atomic E-state index is -0.0709. The summed E-state index contributed by atoms with van der Waals surface area (Å²) >= 11 is 6.05. The first kappa shape index (κ1) is 11.4. The van der Waals surface area contributed by atoms with Gasteiger partial charge in [0.2, 0.25) is 0 Å². The number of hydrogen-bond donors (Lipinski definition) is 0. The largest absolute Gasteiger partial charge is 0.268 e. The van der Waals surface area contributed by atoms with E-state index < -0.39 is 0 Å². The van der Waals surface area contributed by atoms with Crippen LogP contribution in [0.4, 0.5) is 0 Å². The Hall–Kier alpha value is -2.39. The van der Waals surface area contributed by atoms with Gasteiger partial charge in [-0.15, -0.1) is 0 Å². The van der Waals surface area contributed by atoms with Crippen molar-refractivity contribution in [1.82, 2.24) is 9.38 Å². The summed E-state index contributed by atoms with van der Waals surface area (Å²) in [6.07, 6.45) is 0. The molecule has 0 fully saturated rings. The molecule has 96 valence electrons. The molecule has 0 saturated carbocycles. The first-order valence-electron chi connectivity index (χ1n) is 6.24. The van der Waals surface area contributed by atoms with Crippen LogP contribution in [0.25, 0.3) is 27.5 Å². The zero-order chi connectivity index (χ0) is 13.7. The highest BCUT2D eigenvalue weighted by Crippen LogP contribution is 2.20. The van der Waals surface area contributed by atoms with Gasteiger partial charge >= 0.3 is 0 Å². The quantitative estimate of drug-likeness (QED) is 0.364. The molecule has 2 aromatic heterocycles. The third-order valence-corrected chi connectivity index (χ3v) is 3.68. The Morgan fingerprint density at radius 1 is 1.00 bits per heavy atom. The van der Waals surface area contributed by atoms with Crippen molar-refractivity contribution in [2.24, 2.45) is 0 Å². The Bertz CT molecular complexity index is 1040. The molecule has 0 aliphatic heterocycles. The standard InChI is InChI=1S/C16H9ClN2O/c17-11-7-5-10-6-8-15-18-13-4-2-1-3-12(13)16(20)19(15)14(10)9-11/h1-9H. The number of aromatic nitrogens is 2. The zero-order valence-electron chi connectivity index (χ0n) is 10.4. The van der Waals surface area contributed by atoms with Crippen LogP contribution in [0.5, 0.6) is 0 Å². The number of hydrogen-bond acceptors (Lipinski definition) is 2. The number of fused-ring (bicyclic) bond motifs is 4. The Morgan fingerprint density at radius 2 is 1.80 bits per heavy atom. The summed E-state index contributed by atoms with van der Waals surface area (Å²) in [7, 11) is 0. The fraction of sp³-hybridized carbons (Fsp3) is 0. The minimum Gasteiger partial charge on any atom is -0.268 e. The highest BCUT2D eigenvalue weighted by molar-refractivity contribution is 6.31. The van der Waals surface area contributed by atoms with Gasteiger partial charge in [-0.3, -0.25) is 9.20 Å². The molecule has 2 aromatic carbocycles. The summed E-state index contributed by atoms with van der Waals surface area (Å²) in [6.45, 7) is 0. The van der Waals surface area contributed by atoms with E-state index in [9.17, 15) is 4.79 Å². The Balaban J connectivity index is 2.35. The minimum absolute atomic E-state index is 0.0709. The van der Waals surface area contributed by atoms with Gasteiger partial charge in [0, 0.05) is 5.02 Å². The fourth-order valence-corrected chi connectivity index (χ4v) is 2.68. The third kappa shape index (κ3) is 1.53. The lowest BCUT2D eigenvalue weighted by Gasteiger charge is -2.07. The van der Waals surface area contributed by atoms with Gasteiger partial charge < -0.3 is 0 Å². The summed E-state index contributed by atoms with van der Waals surface area (Å²) in [5.41, 5.74) is 2.04. The highest BCUT2D eigenvalue weighted by atomic mass is 35.5. The lowest BCUT2D eigenvalue weighted by atomic mass is 10.2. The number of rotatable bonds is 0. The Labute approximate surface area is 119 Å². The topological polar surface area (TPSA) is 34.4 Å². The van der Waals surface area contributed by atoms with Gasteiger partial charge in [-0.25, -0.2) is 4.98 Å². The molecule has 4 heteroatoms. The molecule has 0 saturated heterocycles. The van der Waals surface area contributed by atoms with E-state index in [0.717, 1.165) is 10.9 Å². The Kier molecular flexibility index (Phi) is 2.32. The van der Waals surface area contributed by atoms with Crippen LogP contribution in [0.15, 0.2) is 59.4 Å². The lowest BCUT2D eigenvalue weighted by Crippen LogP contribution is -2.15. The van der Waals surface area contributed by atoms with Crippen LogP contribution in [0.2, 0.25) is 5.02 Å². The fourth-order valence-electron chi connectivity index (χ4n) is 2.51. The van der Waals surface area contributed by atoms with Crippen molar-refractivity contribution in [3.05, 3.63) is 70.0 Å². The van der Waals surface area contributed by atoms with E-state index in [4.69, 9.17) is 11.6 Å². The molecule has 2 heterocycles. The maximum Gasteiger partial charge on any atom is 0.266 e. The molecule has 0 N–H and O–H groups in total. The monoisotopic (exact) mass is 280 g/mol. The molecular formula is C16H9ClN2O. The number of nitrogens with zero attached hydrogens (tertiary/aromatic N) is 2. The molecule has 0 atom stereocenters. The summed E-state index contributed by atoms with van der Waals surface area (Å²) in [6, 6.07) is 16.7. The second kappa shape index (κ2) is 4.05. The number of halogens is 1. The molecule has 0 unspecified atom stereocenters. The molecule has 0 amide bonds. The Morgan fingerprint density at radius 3 is 2.70 bits per heavy atom. The van der Waals surface area contributed by atoms with Crippen LogP contribution in [0.1, 0.15) is 0 Å². The molecule has 4 rings (SSSR count). The van der Waals surface area contributed by atoms with Crippen molar-refractivity contribution in [1.29, 1.82) is 0 Å². The summed E-state index contributed by atoms with van der Waals surface area (Å²) < 4.78 is 1.61. The van der Waals surface area contributed by atoms with Gasteiger partial charge in [0.1, 0.15) is 5.65 Å². The van der Waals surface area contributed by atoms with E-state index in [1.807, 2.05) is 42.5 Å². The molecule has 0 bridgehead atoms. The number of pyridine rings is 1. The van der Waals surface area contributed by atoms with Crippen molar-refractivity contribution in [3.63, 3.8) is 0 Å². The van der Waals surface area contributed by atoms with Crippen molar-refractivity contribution in [3.8, 4) is 0 Å². The van der Waals surface area contributed by atoms with E-state index in [-0.39, 0.29) is 5.56 Å². The molecule has 0 aliphatic carbocycles. The molecule has 0 spiro atoms. The van der Waals surface area contributed by atoms with E-state index in [1.54, 1.807) is 16.5 Å². The van der Waals surface area contributed by atoms with E-state index in [0.29, 0.717) is 21.6 Å². The van der Waals surface area contributed by atoms with Crippen LogP contribution < -0.4 is 5.56 Å². The van der Waals surface area contributed by atoms with E-state index in [1.165, 1.54) is 0 Å². The summed E-state index contributed by atoms with van der Waals surface area (Å²) in [5.74, 6) is 0. The SMILES string of the molecule is O=c1c2ccccc2nc2ccc3ccc(Cl)cc3n12. The normalized spacial score (nSPS) is 11.4. The molecule has 4 aromatic rings. The lowest BCUT2D eigenvalue weighted by molar-refractivity contribution is 1.13. The molecule has 20 heavy (non-hydrogen) atoms. The second-order valence-corrected chi connectivity index (χ2v) is 5.10. The number of para-hydroxylation sites is 1. The summed E-state index contributed by atoms with van der Waals surface area (Å²) in [4.78, 5) is 17.2. The molecule has 0 aliphatic rings. The maximum absolute atomic E-state index is 12.7. The summed E-state index contributed by atoms with van der Waals surface area (Å²) in [5, 5.41) is 2.17. The number of benzene rings is 2. The van der Waals surface area contributed by atoms with Crippen LogP contribution in [-0.2, 0) is 0 Å². The smallest absolute Gasteiger partial charge is 0.266 e. The first-order valence-corrected chi connectivity index (χ1v) is 6.62.